The number of fused-ring (bicyclic) bond motifs is 2. The maximum Gasteiger partial charge on any atom is 0.214 e. The molecule has 0 spiro atoms. The van der Waals surface area contributed by atoms with Gasteiger partial charge in [-0.25, -0.2) is 9.97 Å². The van der Waals surface area contributed by atoms with Crippen LogP contribution in [0.4, 0.5) is 0 Å². The Balaban J connectivity index is 1.49. The molecule has 1 aliphatic carbocycles. The van der Waals surface area contributed by atoms with Crippen molar-refractivity contribution in [2.75, 3.05) is 0 Å². The predicted molar refractivity (Wildman–Crippen MR) is 96.8 cm³/mol. The average molecular weight is 357 g/mol. The Hall–Kier alpha value is -3.66. The quantitative estimate of drug-likeness (QED) is 0.596. The number of aryl methyl sites for hydroxylation is 1. The fraction of sp³-hybridized carbons (Fsp3) is 0.200. The number of ether oxygens (including phenoxy) is 1. The predicted octanol–water partition coefficient (Wildman–Crippen LogP) is 3.94. The molecule has 0 radical (unpaired) electrons. The molecule has 0 saturated carbocycles. The Kier molecular flexibility index (Phi) is 3.61. The van der Waals surface area contributed by atoms with Crippen molar-refractivity contribution in [2.24, 2.45) is 0 Å². The molecule has 1 aromatic carbocycles. The Morgan fingerprint density at radius 3 is 3.07 bits per heavy atom. The van der Waals surface area contributed by atoms with Crippen molar-refractivity contribution >= 4 is 10.9 Å². The number of aromatic amines is 1. The van der Waals surface area contributed by atoms with Gasteiger partial charge in [0.1, 0.15) is 11.8 Å². The molecule has 1 aliphatic rings. The topological polar surface area (TPSA) is 101 Å². The lowest BCUT2D eigenvalue weighted by molar-refractivity contribution is 0.176. The molecule has 0 fully saturated rings. The second kappa shape index (κ2) is 6.25. The normalized spacial score (nSPS) is 16.0. The standard InChI is InChI=1S/C20H15N5O2/c21-8-12-4-5-14-13(6-12)2-1-3-17(14)27-19-7-15-16(9-23-19)24-25-20(15)18-10-22-11-26-18/h4-7,9-11,17H,1-3H2,(H,24,25). The van der Waals surface area contributed by atoms with Crippen molar-refractivity contribution in [3.8, 4) is 23.4 Å². The van der Waals surface area contributed by atoms with Crippen LogP contribution in [-0.2, 0) is 6.42 Å². The van der Waals surface area contributed by atoms with Crippen molar-refractivity contribution < 1.29 is 9.15 Å². The minimum absolute atomic E-state index is 0.0768. The summed E-state index contributed by atoms with van der Waals surface area (Å²) in [7, 11) is 0. The van der Waals surface area contributed by atoms with Gasteiger partial charge in [0.25, 0.3) is 0 Å². The fourth-order valence-corrected chi connectivity index (χ4v) is 3.59. The molecule has 1 unspecified atom stereocenters. The zero-order valence-electron chi connectivity index (χ0n) is 14.3. The van der Waals surface area contributed by atoms with E-state index in [2.05, 4.69) is 26.2 Å². The molecule has 0 bridgehead atoms. The van der Waals surface area contributed by atoms with Gasteiger partial charge in [0.2, 0.25) is 5.88 Å². The van der Waals surface area contributed by atoms with E-state index in [1.165, 1.54) is 12.0 Å². The van der Waals surface area contributed by atoms with Crippen LogP contribution in [0.2, 0.25) is 0 Å². The van der Waals surface area contributed by atoms with Gasteiger partial charge in [-0.05, 0) is 42.5 Å². The van der Waals surface area contributed by atoms with E-state index >= 15 is 0 Å². The number of H-pyrrole nitrogens is 1. The third-order valence-electron chi connectivity index (χ3n) is 4.88. The highest BCUT2D eigenvalue weighted by Crippen LogP contribution is 2.35. The monoisotopic (exact) mass is 357 g/mol. The summed E-state index contributed by atoms with van der Waals surface area (Å²) in [5.41, 5.74) is 4.47. The molecule has 1 N–H and O–H groups in total. The van der Waals surface area contributed by atoms with Gasteiger partial charge < -0.3 is 9.15 Å². The van der Waals surface area contributed by atoms with Crippen LogP contribution in [0.1, 0.15) is 35.6 Å². The summed E-state index contributed by atoms with van der Waals surface area (Å²) < 4.78 is 11.6. The van der Waals surface area contributed by atoms with E-state index < -0.39 is 0 Å². The Morgan fingerprint density at radius 1 is 1.26 bits per heavy atom. The van der Waals surface area contributed by atoms with E-state index in [0.717, 1.165) is 35.7 Å². The van der Waals surface area contributed by atoms with Gasteiger partial charge in [0.15, 0.2) is 12.2 Å². The molecule has 3 aromatic heterocycles. The van der Waals surface area contributed by atoms with Crippen LogP contribution in [0.5, 0.6) is 5.88 Å². The van der Waals surface area contributed by atoms with Crippen LogP contribution >= 0.6 is 0 Å². The lowest BCUT2D eigenvalue weighted by Crippen LogP contribution is -2.16. The van der Waals surface area contributed by atoms with Gasteiger partial charge in [0, 0.05) is 11.5 Å². The molecule has 0 aliphatic heterocycles. The lowest BCUT2D eigenvalue weighted by Gasteiger charge is -2.26. The SMILES string of the molecule is N#Cc1ccc2c(c1)CCCC2Oc1cc2c(-c3cnco3)n[nH]c2cn1. The molecule has 5 rings (SSSR count). The van der Waals surface area contributed by atoms with Crippen LogP contribution in [0.15, 0.2) is 47.5 Å². The van der Waals surface area contributed by atoms with Gasteiger partial charge in [0.05, 0.1) is 29.5 Å². The maximum atomic E-state index is 9.11. The number of hydrogen-bond donors (Lipinski definition) is 1. The number of nitriles is 1. The smallest absolute Gasteiger partial charge is 0.214 e. The van der Waals surface area contributed by atoms with E-state index in [4.69, 9.17) is 14.4 Å². The minimum atomic E-state index is -0.0768. The first-order chi connectivity index (χ1) is 13.3. The largest absolute Gasteiger partial charge is 0.469 e. The number of hydrogen-bond acceptors (Lipinski definition) is 6. The second-order valence-corrected chi connectivity index (χ2v) is 6.53. The zero-order chi connectivity index (χ0) is 18.2. The van der Waals surface area contributed by atoms with Crippen LogP contribution in [0, 0.1) is 11.3 Å². The number of benzene rings is 1. The van der Waals surface area contributed by atoms with Gasteiger partial charge in [-0.2, -0.15) is 10.4 Å². The van der Waals surface area contributed by atoms with Crippen LogP contribution in [-0.4, -0.2) is 20.2 Å². The number of pyridine rings is 1. The third-order valence-corrected chi connectivity index (χ3v) is 4.88. The Morgan fingerprint density at radius 2 is 2.22 bits per heavy atom. The Labute approximate surface area is 154 Å². The summed E-state index contributed by atoms with van der Waals surface area (Å²) in [6, 6.07) is 9.86. The molecular weight excluding hydrogens is 342 g/mol. The average Bonchev–Trinajstić information content (AvgIpc) is 3.37. The molecule has 3 heterocycles. The molecule has 7 nitrogen and oxygen atoms in total. The number of nitrogens with one attached hydrogen (secondary N) is 1. The second-order valence-electron chi connectivity index (χ2n) is 6.53. The summed E-state index contributed by atoms with van der Waals surface area (Å²) in [6.07, 6.45) is 7.54. The van der Waals surface area contributed by atoms with Gasteiger partial charge >= 0.3 is 0 Å². The Bertz CT molecular complexity index is 1160. The number of nitrogens with zero attached hydrogens (tertiary/aromatic N) is 4. The zero-order valence-corrected chi connectivity index (χ0v) is 14.3. The maximum absolute atomic E-state index is 9.11. The molecule has 27 heavy (non-hydrogen) atoms. The summed E-state index contributed by atoms with van der Waals surface area (Å²) in [4.78, 5) is 8.36. The molecule has 0 saturated heterocycles. The van der Waals surface area contributed by atoms with E-state index in [0.29, 0.717) is 22.9 Å². The molecular formula is C20H15N5O2. The van der Waals surface area contributed by atoms with Gasteiger partial charge in [-0.3, -0.25) is 5.10 Å². The summed E-state index contributed by atoms with van der Waals surface area (Å²) in [5, 5.41) is 17.2. The number of aromatic nitrogens is 4. The van der Waals surface area contributed by atoms with Crippen LogP contribution in [0.25, 0.3) is 22.4 Å². The minimum Gasteiger partial charge on any atom is -0.469 e. The van der Waals surface area contributed by atoms with E-state index in [1.54, 1.807) is 12.4 Å². The molecule has 0 amide bonds. The van der Waals surface area contributed by atoms with E-state index in [-0.39, 0.29) is 6.10 Å². The third kappa shape index (κ3) is 2.72. The molecule has 4 aromatic rings. The van der Waals surface area contributed by atoms with Gasteiger partial charge in [-0.1, -0.05) is 6.07 Å². The highest BCUT2D eigenvalue weighted by Gasteiger charge is 2.23. The first-order valence-electron chi connectivity index (χ1n) is 8.74. The molecule has 7 heteroatoms. The van der Waals surface area contributed by atoms with Crippen molar-refractivity contribution in [2.45, 2.75) is 25.4 Å². The van der Waals surface area contributed by atoms with Crippen molar-refractivity contribution in [3.63, 3.8) is 0 Å². The molecule has 132 valence electrons. The number of oxazole rings is 1. The summed E-state index contributed by atoms with van der Waals surface area (Å²) in [5.74, 6) is 1.12. The number of rotatable bonds is 3. The van der Waals surface area contributed by atoms with Crippen molar-refractivity contribution in [1.82, 2.24) is 20.2 Å². The summed E-state index contributed by atoms with van der Waals surface area (Å²) in [6.45, 7) is 0. The first-order valence-corrected chi connectivity index (χ1v) is 8.74. The van der Waals surface area contributed by atoms with E-state index in [9.17, 15) is 0 Å². The van der Waals surface area contributed by atoms with Crippen molar-refractivity contribution in [3.05, 3.63) is 59.7 Å². The van der Waals surface area contributed by atoms with Crippen LogP contribution in [0.3, 0.4) is 0 Å². The van der Waals surface area contributed by atoms with E-state index in [1.807, 2.05) is 24.3 Å². The highest BCUT2D eigenvalue weighted by molar-refractivity contribution is 5.91. The highest BCUT2D eigenvalue weighted by atomic mass is 16.5. The van der Waals surface area contributed by atoms with Crippen molar-refractivity contribution in [1.29, 1.82) is 5.26 Å². The van der Waals surface area contributed by atoms with Gasteiger partial charge in [-0.15, -0.1) is 0 Å². The first kappa shape index (κ1) is 15.6. The fourth-order valence-electron chi connectivity index (χ4n) is 3.59. The molecule has 1 atom stereocenters. The van der Waals surface area contributed by atoms with Crippen LogP contribution < -0.4 is 4.74 Å². The lowest BCUT2D eigenvalue weighted by atomic mass is 9.88. The summed E-state index contributed by atoms with van der Waals surface area (Å²) >= 11 is 0.